The van der Waals surface area contributed by atoms with Crippen LogP contribution in [0.5, 0.6) is 0 Å². The smallest absolute Gasteiger partial charge is 0.192 e. The number of hydrogen-bond donors (Lipinski definition) is 0. The van der Waals surface area contributed by atoms with Gasteiger partial charge in [0.2, 0.25) is 0 Å². The molecule has 4 atom stereocenters. The van der Waals surface area contributed by atoms with Gasteiger partial charge in [-0.05, 0) is 68.5 Å². The van der Waals surface area contributed by atoms with Gasteiger partial charge in [-0.2, -0.15) is 0 Å². The van der Waals surface area contributed by atoms with E-state index in [1.165, 1.54) is 43.8 Å². The second-order valence-electron chi connectivity index (χ2n) is 8.77. The molecule has 134 valence electrons. The standard InChI is InChI=1S/C21H40OSi/c1-8-23(9-2,10-3)22-20-19(16(4)5)12-11-18(7)21(20)14-13-17(6)15-21/h15-16,18-20H,8-14H2,1-7H3/t18-,19+,20-,21-/m1/s1. The molecular weight excluding hydrogens is 296 g/mol. The molecule has 2 aliphatic carbocycles. The molecule has 0 aromatic carbocycles. The van der Waals surface area contributed by atoms with Crippen LogP contribution in [-0.4, -0.2) is 14.4 Å². The first-order chi connectivity index (χ1) is 10.8. The summed E-state index contributed by atoms with van der Waals surface area (Å²) < 4.78 is 7.25. The average Bonchev–Trinajstić information content (AvgIpc) is 2.92. The summed E-state index contributed by atoms with van der Waals surface area (Å²) in [5, 5.41) is 0. The predicted molar refractivity (Wildman–Crippen MR) is 104 cm³/mol. The molecule has 2 aliphatic rings. The van der Waals surface area contributed by atoms with Crippen molar-refractivity contribution in [2.45, 2.75) is 98.4 Å². The fraction of sp³-hybridized carbons (Fsp3) is 0.905. The van der Waals surface area contributed by atoms with Gasteiger partial charge < -0.3 is 4.43 Å². The van der Waals surface area contributed by atoms with E-state index in [4.69, 9.17) is 4.43 Å². The highest BCUT2D eigenvalue weighted by molar-refractivity contribution is 6.73. The van der Waals surface area contributed by atoms with Gasteiger partial charge in [-0.1, -0.05) is 53.2 Å². The molecule has 0 amide bonds. The third-order valence-electron chi connectivity index (χ3n) is 7.40. The lowest BCUT2D eigenvalue weighted by Crippen LogP contribution is -2.54. The topological polar surface area (TPSA) is 9.23 Å². The van der Waals surface area contributed by atoms with E-state index in [-0.39, 0.29) is 0 Å². The number of hydrogen-bond acceptors (Lipinski definition) is 1. The van der Waals surface area contributed by atoms with Crippen molar-refractivity contribution in [3.63, 3.8) is 0 Å². The molecule has 1 nitrogen and oxygen atoms in total. The normalized spacial score (nSPS) is 35.1. The summed E-state index contributed by atoms with van der Waals surface area (Å²) in [5.41, 5.74) is 1.93. The Morgan fingerprint density at radius 2 is 1.78 bits per heavy atom. The summed E-state index contributed by atoms with van der Waals surface area (Å²) in [7, 11) is -1.57. The molecule has 0 aromatic heterocycles. The maximum Gasteiger partial charge on any atom is 0.192 e. The minimum Gasteiger partial charge on any atom is -0.413 e. The summed E-state index contributed by atoms with van der Waals surface area (Å²) in [4.78, 5) is 0. The van der Waals surface area contributed by atoms with E-state index in [0.717, 1.165) is 17.8 Å². The molecule has 2 heteroatoms. The molecule has 0 saturated heterocycles. The van der Waals surface area contributed by atoms with Gasteiger partial charge in [-0.25, -0.2) is 0 Å². The van der Waals surface area contributed by atoms with Crippen LogP contribution in [0.3, 0.4) is 0 Å². The molecule has 0 N–H and O–H groups in total. The Morgan fingerprint density at radius 1 is 1.17 bits per heavy atom. The van der Waals surface area contributed by atoms with Gasteiger partial charge in [-0.3, -0.25) is 0 Å². The molecule has 0 unspecified atom stereocenters. The average molecular weight is 337 g/mol. The number of rotatable bonds is 6. The molecule has 1 saturated carbocycles. The SMILES string of the molecule is CC[Si](CC)(CC)O[C@@H]1[C@H](C(C)C)CC[C@@H](C)[C@@]12C=C(C)CC2. The zero-order valence-corrected chi connectivity index (χ0v) is 17.7. The molecule has 0 radical (unpaired) electrons. The summed E-state index contributed by atoms with van der Waals surface area (Å²) in [6, 6.07) is 3.82. The highest BCUT2D eigenvalue weighted by Gasteiger charge is 2.53. The van der Waals surface area contributed by atoms with Crippen LogP contribution in [0.2, 0.25) is 18.1 Å². The van der Waals surface area contributed by atoms with Gasteiger partial charge in [0, 0.05) is 5.41 Å². The summed E-state index contributed by atoms with van der Waals surface area (Å²) in [6.07, 6.45) is 8.47. The van der Waals surface area contributed by atoms with Crippen LogP contribution >= 0.6 is 0 Å². The van der Waals surface area contributed by atoms with Crippen molar-refractivity contribution in [2.75, 3.05) is 0 Å². The number of allylic oxidation sites excluding steroid dienone is 1. The summed E-state index contributed by atoms with van der Waals surface area (Å²) in [5.74, 6) is 2.25. The quantitative estimate of drug-likeness (QED) is 0.382. The van der Waals surface area contributed by atoms with E-state index in [1.807, 2.05) is 0 Å². The first-order valence-corrected chi connectivity index (χ1v) is 12.7. The van der Waals surface area contributed by atoms with Crippen molar-refractivity contribution >= 4 is 8.32 Å². The molecule has 1 fully saturated rings. The molecule has 23 heavy (non-hydrogen) atoms. The van der Waals surface area contributed by atoms with Crippen LogP contribution in [0.4, 0.5) is 0 Å². The van der Waals surface area contributed by atoms with Crippen LogP contribution in [0, 0.1) is 23.2 Å². The van der Waals surface area contributed by atoms with Gasteiger partial charge in [0.1, 0.15) is 0 Å². The van der Waals surface area contributed by atoms with Crippen molar-refractivity contribution in [2.24, 2.45) is 23.2 Å². The summed E-state index contributed by atoms with van der Waals surface area (Å²) >= 11 is 0. The minimum atomic E-state index is -1.57. The Hall–Kier alpha value is -0.0831. The fourth-order valence-electron chi connectivity index (χ4n) is 5.32. The third-order valence-corrected chi connectivity index (χ3v) is 12.0. The monoisotopic (exact) mass is 336 g/mol. The van der Waals surface area contributed by atoms with Crippen LogP contribution in [0.25, 0.3) is 0 Å². The Balaban J connectivity index is 2.41. The fourth-order valence-corrected chi connectivity index (χ4v) is 8.25. The van der Waals surface area contributed by atoms with Crippen molar-refractivity contribution in [1.82, 2.24) is 0 Å². The van der Waals surface area contributed by atoms with E-state index in [1.54, 1.807) is 5.57 Å². The largest absolute Gasteiger partial charge is 0.413 e. The molecule has 1 spiro atoms. The Bertz CT molecular complexity index is 415. The third kappa shape index (κ3) is 3.49. The van der Waals surface area contributed by atoms with E-state index < -0.39 is 8.32 Å². The predicted octanol–water partition coefficient (Wildman–Crippen LogP) is 6.81. The van der Waals surface area contributed by atoms with Crippen LogP contribution in [0.15, 0.2) is 11.6 Å². The first-order valence-electron chi connectivity index (χ1n) is 10.2. The lowest BCUT2D eigenvalue weighted by atomic mass is 9.59. The zero-order chi connectivity index (χ0) is 17.3. The minimum absolute atomic E-state index is 0.328. The van der Waals surface area contributed by atoms with Crippen LogP contribution in [-0.2, 0) is 4.43 Å². The lowest BCUT2D eigenvalue weighted by Gasteiger charge is -2.53. The molecule has 2 rings (SSSR count). The Morgan fingerprint density at radius 3 is 2.22 bits per heavy atom. The van der Waals surface area contributed by atoms with E-state index in [0.29, 0.717) is 11.5 Å². The van der Waals surface area contributed by atoms with Crippen LogP contribution < -0.4 is 0 Å². The van der Waals surface area contributed by atoms with E-state index in [2.05, 4.69) is 54.5 Å². The maximum atomic E-state index is 7.25. The van der Waals surface area contributed by atoms with Gasteiger partial charge in [0.25, 0.3) is 0 Å². The molecule has 0 aromatic rings. The zero-order valence-electron chi connectivity index (χ0n) is 16.7. The van der Waals surface area contributed by atoms with Crippen molar-refractivity contribution < 1.29 is 4.43 Å². The molecular formula is C21H40OSi. The van der Waals surface area contributed by atoms with Gasteiger partial charge >= 0.3 is 0 Å². The highest BCUT2D eigenvalue weighted by Crippen LogP contribution is 2.56. The Labute approximate surface area is 146 Å². The first kappa shape index (κ1) is 19.2. The second-order valence-corrected chi connectivity index (χ2v) is 13.5. The highest BCUT2D eigenvalue weighted by atomic mass is 28.4. The van der Waals surface area contributed by atoms with Crippen molar-refractivity contribution in [1.29, 1.82) is 0 Å². The van der Waals surface area contributed by atoms with Crippen LogP contribution in [0.1, 0.15) is 74.1 Å². The molecule has 0 heterocycles. The van der Waals surface area contributed by atoms with Crippen molar-refractivity contribution in [3.8, 4) is 0 Å². The van der Waals surface area contributed by atoms with Crippen molar-refractivity contribution in [3.05, 3.63) is 11.6 Å². The molecule has 0 aliphatic heterocycles. The Kier molecular flexibility index (Phi) is 6.22. The lowest BCUT2D eigenvalue weighted by molar-refractivity contribution is -0.0606. The summed E-state index contributed by atoms with van der Waals surface area (Å²) in [6.45, 7) is 16.8. The molecule has 0 bridgehead atoms. The van der Waals surface area contributed by atoms with E-state index >= 15 is 0 Å². The van der Waals surface area contributed by atoms with E-state index in [9.17, 15) is 0 Å². The second kappa shape index (κ2) is 7.43. The van der Waals surface area contributed by atoms with Gasteiger partial charge in [-0.15, -0.1) is 0 Å². The maximum absolute atomic E-state index is 7.25. The van der Waals surface area contributed by atoms with Gasteiger partial charge in [0.05, 0.1) is 6.10 Å². The van der Waals surface area contributed by atoms with Gasteiger partial charge in [0.15, 0.2) is 8.32 Å².